The highest BCUT2D eigenvalue weighted by Crippen LogP contribution is 2.13. The molecule has 0 atom stereocenters. The Morgan fingerprint density at radius 2 is 1.94 bits per heavy atom. The van der Waals surface area contributed by atoms with Crippen molar-refractivity contribution in [1.29, 1.82) is 0 Å². The molecule has 1 aromatic rings. The van der Waals surface area contributed by atoms with Crippen molar-refractivity contribution in [3.63, 3.8) is 0 Å². The first kappa shape index (κ1) is 13.9. The zero-order valence-corrected chi connectivity index (χ0v) is 10.6. The Morgan fingerprint density at radius 3 is 2.53 bits per heavy atom. The maximum absolute atomic E-state index is 13.4. The molecule has 0 aliphatic carbocycles. The van der Waals surface area contributed by atoms with Crippen LogP contribution in [0.25, 0.3) is 0 Å². The van der Waals surface area contributed by atoms with Crippen LogP contribution in [0.1, 0.15) is 26.3 Å². The van der Waals surface area contributed by atoms with Crippen molar-refractivity contribution in [2.45, 2.75) is 33.0 Å². The Balaban J connectivity index is 2.27. The Labute approximate surface area is 102 Å². The van der Waals surface area contributed by atoms with Crippen molar-refractivity contribution in [3.05, 3.63) is 29.6 Å². The molecular weight excluding hydrogens is 221 g/mol. The van der Waals surface area contributed by atoms with E-state index >= 15 is 0 Å². The molecule has 0 saturated heterocycles. The Bertz CT molecular complexity index is 361. The fourth-order valence-electron chi connectivity index (χ4n) is 1.27. The molecule has 96 valence electrons. The van der Waals surface area contributed by atoms with Gasteiger partial charge in [-0.15, -0.1) is 0 Å². The summed E-state index contributed by atoms with van der Waals surface area (Å²) in [5.41, 5.74) is 6.21. The van der Waals surface area contributed by atoms with E-state index in [0.29, 0.717) is 24.5 Å². The molecule has 3 nitrogen and oxygen atoms in total. The first-order valence-corrected chi connectivity index (χ1v) is 5.64. The first-order valence-electron chi connectivity index (χ1n) is 5.64. The molecule has 0 bridgehead atoms. The SMILES string of the molecule is CC(C)(C)OCCOCc1ccc(N)cc1F. The van der Waals surface area contributed by atoms with Gasteiger partial charge in [0.15, 0.2) is 0 Å². The van der Waals surface area contributed by atoms with Crippen molar-refractivity contribution in [2.24, 2.45) is 0 Å². The van der Waals surface area contributed by atoms with Gasteiger partial charge in [-0.1, -0.05) is 6.07 Å². The summed E-state index contributed by atoms with van der Waals surface area (Å²) in [5.74, 6) is -0.332. The number of benzene rings is 1. The minimum Gasteiger partial charge on any atom is -0.399 e. The monoisotopic (exact) mass is 241 g/mol. The summed E-state index contributed by atoms with van der Waals surface area (Å²) in [5, 5.41) is 0. The van der Waals surface area contributed by atoms with Gasteiger partial charge < -0.3 is 15.2 Å². The third-order valence-electron chi connectivity index (χ3n) is 2.10. The molecular formula is C13H20FNO2. The second-order valence-corrected chi connectivity index (χ2v) is 4.86. The Morgan fingerprint density at radius 1 is 1.24 bits per heavy atom. The minimum absolute atomic E-state index is 0.171. The van der Waals surface area contributed by atoms with Crippen LogP contribution in [0.4, 0.5) is 10.1 Å². The Kier molecular flexibility index (Phi) is 4.90. The molecule has 0 fully saturated rings. The summed E-state index contributed by atoms with van der Waals surface area (Å²) in [7, 11) is 0. The molecule has 0 saturated carbocycles. The van der Waals surface area contributed by atoms with E-state index in [2.05, 4.69) is 0 Å². The van der Waals surface area contributed by atoms with E-state index in [9.17, 15) is 4.39 Å². The van der Waals surface area contributed by atoms with Gasteiger partial charge in [0.25, 0.3) is 0 Å². The molecule has 1 aromatic carbocycles. The summed E-state index contributed by atoms with van der Waals surface area (Å²) in [6.07, 6.45) is 0. The molecule has 0 heterocycles. The lowest BCUT2D eigenvalue weighted by molar-refractivity contribution is -0.0379. The number of anilines is 1. The summed E-state index contributed by atoms with van der Waals surface area (Å²) in [6.45, 7) is 7.12. The van der Waals surface area contributed by atoms with Gasteiger partial charge in [0.2, 0.25) is 0 Å². The molecule has 1 rings (SSSR count). The van der Waals surface area contributed by atoms with Crippen molar-refractivity contribution >= 4 is 5.69 Å². The highest BCUT2D eigenvalue weighted by molar-refractivity contribution is 5.40. The van der Waals surface area contributed by atoms with E-state index in [4.69, 9.17) is 15.2 Å². The van der Waals surface area contributed by atoms with Gasteiger partial charge in [-0.3, -0.25) is 0 Å². The lowest BCUT2D eigenvalue weighted by atomic mass is 10.2. The average Bonchev–Trinajstić information content (AvgIpc) is 2.18. The van der Waals surface area contributed by atoms with Gasteiger partial charge >= 0.3 is 0 Å². The van der Waals surface area contributed by atoms with Crippen LogP contribution in [0.15, 0.2) is 18.2 Å². The summed E-state index contributed by atoms with van der Waals surface area (Å²) >= 11 is 0. The number of hydrogen-bond acceptors (Lipinski definition) is 3. The van der Waals surface area contributed by atoms with Crippen LogP contribution in [0.5, 0.6) is 0 Å². The van der Waals surface area contributed by atoms with Gasteiger partial charge in [-0.25, -0.2) is 4.39 Å². The zero-order chi connectivity index (χ0) is 12.9. The second kappa shape index (κ2) is 5.98. The maximum atomic E-state index is 13.4. The van der Waals surface area contributed by atoms with Crippen LogP contribution in [-0.2, 0) is 16.1 Å². The largest absolute Gasteiger partial charge is 0.399 e. The molecule has 2 N–H and O–H groups in total. The first-order chi connectivity index (χ1) is 7.88. The van der Waals surface area contributed by atoms with E-state index in [1.807, 2.05) is 20.8 Å². The molecule has 0 unspecified atom stereocenters. The normalized spacial score (nSPS) is 11.8. The third-order valence-corrected chi connectivity index (χ3v) is 2.10. The molecule has 0 amide bonds. The van der Waals surface area contributed by atoms with E-state index < -0.39 is 0 Å². The van der Waals surface area contributed by atoms with Crippen LogP contribution in [0.2, 0.25) is 0 Å². The smallest absolute Gasteiger partial charge is 0.130 e. The van der Waals surface area contributed by atoms with E-state index in [1.54, 1.807) is 12.1 Å². The standard InChI is InChI=1S/C13H20FNO2/c1-13(2,3)17-7-6-16-9-10-4-5-11(15)8-12(10)14/h4-5,8H,6-7,9,15H2,1-3H3. The molecule has 4 heteroatoms. The van der Waals surface area contributed by atoms with Crippen LogP contribution in [-0.4, -0.2) is 18.8 Å². The fourth-order valence-corrected chi connectivity index (χ4v) is 1.27. The van der Waals surface area contributed by atoms with E-state index in [1.165, 1.54) is 6.07 Å². The molecule has 0 aliphatic rings. The predicted molar refractivity (Wildman–Crippen MR) is 66.2 cm³/mol. The van der Waals surface area contributed by atoms with Gasteiger partial charge in [0, 0.05) is 11.3 Å². The van der Waals surface area contributed by atoms with Gasteiger partial charge in [-0.2, -0.15) is 0 Å². The second-order valence-electron chi connectivity index (χ2n) is 4.86. The third kappa shape index (κ3) is 5.65. The summed E-state index contributed by atoms with van der Waals surface area (Å²) in [4.78, 5) is 0. The lowest BCUT2D eigenvalue weighted by Crippen LogP contribution is -2.21. The molecule has 0 spiro atoms. The van der Waals surface area contributed by atoms with Gasteiger partial charge in [-0.05, 0) is 32.9 Å². The minimum atomic E-state index is -0.332. The maximum Gasteiger partial charge on any atom is 0.130 e. The number of ether oxygens (including phenoxy) is 2. The van der Waals surface area contributed by atoms with Crippen LogP contribution in [0, 0.1) is 5.82 Å². The predicted octanol–water partition coefficient (Wildman–Crippen LogP) is 2.74. The van der Waals surface area contributed by atoms with Crippen LogP contribution >= 0.6 is 0 Å². The van der Waals surface area contributed by atoms with Gasteiger partial charge in [0.1, 0.15) is 5.82 Å². The van der Waals surface area contributed by atoms with Crippen molar-refractivity contribution in [1.82, 2.24) is 0 Å². The average molecular weight is 241 g/mol. The number of rotatable bonds is 5. The van der Waals surface area contributed by atoms with E-state index in [-0.39, 0.29) is 18.0 Å². The quantitative estimate of drug-likeness (QED) is 0.636. The summed E-state index contributed by atoms with van der Waals surface area (Å²) < 4.78 is 24.2. The number of hydrogen-bond donors (Lipinski definition) is 1. The van der Waals surface area contributed by atoms with Crippen LogP contribution in [0.3, 0.4) is 0 Å². The molecule has 0 radical (unpaired) electrons. The Hall–Kier alpha value is -1.13. The fraction of sp³-hybridized carbons (Fsp3) is 0.538. The molecule has 17 heavy (non-hydrogen) atoms. The van der Waals surface area contributed by atoms with Crippen molar-refractivity contribution in [2.75, 3.05) is 18.9 Å². The topological polar surface area (TPSA) is 44.5 Å². The number of nitrogens with two attached hydrogens (primary N) is 1. The number of nitrogen functional groups attached to an aromatic ring is 1. The van der Waals surface area contributed by atoms with Gasteiger partial charge in [0.05, 0.1) is 25.4 Å². The van der Waals surface area contributed by atoms with E-state index in [0.717, 1.165) is 0 Å². The number of halogens is 1. The highest BCUT2D eigenvalue weighted by atomic mass is 19.1. The highest BCUT2D eigenvalue weighted by Gasteiger charge is 2.09. The summed E-state index contributed by atoms with van der Waals surface area (Å²) in [6, 6.07) is 4.59. The zero-order valence-electron chi connectivity index (χ0n) is 10.6. The van der Waals surface area contributed by atoms with Crippen molar-refractivity contribution in [3.8, 4) is 0 Å². The molecule has 0 aliphatic heterocycles. The van der Waals surface area contributed by atoms with Crippen LogP contribution < -0.4 is 5.73 Å². The molecule has 0 aromatic heterocycles. The lowest BCUT2D eigenvalue weighted by Gasteiger charge is -2.19. The van der Waals surface area contributed by atoms with Crippen molar-refractivity contribution < 1.29 is 13.9 Å².